The minimum absolute atomic E-state index is 0.0187. The van der Waals surface area contributed by atoms with Crippen LogP contribution in [0.4, 0.5) is 15.3 Å². The summed E-state index contributed by atoms with van der Waals surface area (Å²) in [5.74, 6) is -7.94. The third kappa shape index (κ3) is 31.6. The number of urea groups is 1. The first-order valence-electron chi connectivity index (χ1n) is 41.4. The molecule has 10 amide bonds. The molecule has 8 N–H and O–H groups in total. The summed E-state index contributed by atoms with van der Waals surface area (Å²) in [6.07, 6.45) is -0.0613. The summed E-state index contributed by atoms with van der Waals surface area (Å²) in [6.45, 7) is 19.0. The highest BCUT2D eigenvalue weighted by atomic mass is 79.9. The monoisotopic (exact) mass is 1820 g/mol. The molecule has 0 unspecified atom stereocenters. The van der Waals surface area contributed by atoms with Gasteiger partial charge in [0.05, 0.1) is 129 Å². The number of sulfonamides is 1. The number of rotatable bonds is 55. The number of benzene rings is 3. The zero-order chi connectivity index (χ0) is 88.3. The van der Waals surface area contributed by atoms with Gasteiger partial charge in [0.15, 0.2) is 11.6 Å². The minimum atomic E-state index is -3.93. The Morgan fingerprint density at radius 3 is 1.85 bits per heavy atom. The Morgan fingerprint density at radius 2 is 1.27 bits per heavy atom. The first-order valence-corrected chi connectivity index (χ1v) is 45.2. The summed E-state index contributed by atoms with van der Waals surface area (Å²) in [5.41, 5.74) is 10.3. The van der Waals surface area contributed by atoms with E-state index in [1.165, 1.54) is 26.2 Å². The molecule has 1 aromatic heterocycles. The van der Waals surface area contributed by atoms with Crippen LogP contribution in [0.2, 0.25) is 0 Å². The predicted octanol–water partition coefficient (Wildman–Crippen LogP) is 8.49. The average Bonchev–Trinajstić information content (AvgIpc) is 1.15. The van der Waals surface area contributed by atoms with E-state index in [-0.39, 0.29) is 119 Å². The van der Waals surface area contributed by atoms with Gasteiger partial charge in [-0.15, -0.1) is 0 Å². The molecular formula is C85H126Br2N12O20S. The molecular weight excluding hydrogens is 1700 g/mol. The molecule has 4 aromatic rings. The molecule has 3 aromatic carbocycles. The van der Waals surface area contributed by atoms with E-state index in [0.29, 0.717) is 129 Å². The van der Waals surface area contributed by atoms with Crippen LogP contribution in [0, 0.1) is 41.4 Å². The van der Waals surface area contributed by atoms with Crippen molar-refractivity contribution in [3.05, 3.63) is 101 Å². The van der Waals surface area contributed by atoms with E-state index in [4.69, 9.17) is 38.9 Å². The first-order chi connectivity index (χ1) is 57.2. The number of carbonyl (C=O) groups excluding carboxylic acids is 11. The Hall–Kier alpha value is -8.16. The summed E-state index contributed by atoms with van der Waals surface area (Å²) in [4.78, 5) is 165. The van der Waals surface area contributed by atoms with Crippen LogP contribution in [0.1, 0.15) is 166 Å². The maximum Gasteiger partial charge on any atom is 0.410 e. The maximum absolute atomic E-state index is 15.0. The third-order valence-corrected chi connectivity index (χ3v) is 24.7. The van der Waals surface area contributed by atoms with E-state index < -0.39 is 117 Å². The molecule has 32 nitrogen and oxygen atoms in total. The summed E-state index contributed by atoms with van der Waals surface area (Å²) in [6, 6.07) is 15.4. The number of nitrogens with zero attached hydrogens (tertiary/aromatic N) is 5. The van der Waals surface area contributed by atoms with Crippen molar-refractivity contribution in [2.45, 2.75) is 204 Å². The molecule has 0 radical (unpaired) electrons. The number of ketones is 2. The highest BCUT2D eigenvalue weighted by Crippen LogP contribution is 2.33. The fraction of sp³-hybridized carbons (Fsp3) is 0.635. The van der Waals surface area contributed by atoms with Gasteiger partial charge in [-0.2, -0.15) is 0 Å². The third-order valence-electron chi connectivity index (χ3n) is 21.8. The SMILES string of the molecule is CC[C@H](C)[C@@H]([C@@H](CC(=O)N1CCC[C@H]1[C@H](OC)[C@@H](C)C(=O)N[C@@H](Cc1ccccc1)C(=O)NS(=O)(=O)C1CC1)OC)N(C)C(=O)[C@@H](CC(=O)[C@H](C(C)C)N(C)C(=O)OCc1ccc(NC(=O)[C@H](CCCNC(N)=O)CC(=O)[C@@H](NC(=O)CCOCCOCCOCCOCCNC(=O)c2ccc3nc(CBr)c(CBr)nc3c2)C(C)C)cc1)C(C)C. The van der Waals surface area contributed by atoms with Crippen molar-refractivity contribution < 1.29 is 94.3 Å². The highest BCUT2D eigenvalue weighted by Gasteiger charge is 2.45. The van der Waals surface area contributed by atoms with Gasteiger partial charge >= 0.3 is 12.1 Å². The van der Waals surface area contributed by atoms with Crippen LogP contribution in [-0.4, -0.2) is 247 Å². The fourth-order valence-electron chi connectivity index (χ4n) is 14.7. The number of halogens is 2. The van der Waals surface area contributed by atoms with Crippen molar-refractivity contribution in [1.82, 2.24) is 50.7 Å². The molecule has 0 spiro atoms. The predicted molar refractivity (Wildman–Crippen MR) is 460 cm³/mol. The van der Waals surface area contributed by atoms with Gasteiger partial charge in [-0.25, -0.2) is 28.0 Å². The number of primary amides is 1. The standard InChI is InChI=1S/C85H126Br2N12O20S/c1-14-55(8)77(72(113-12)48-74(103)99-35-19-23-69(99)78(114-13)56(9)79(104)94-66(44-57-20-16-15-17-21-57)82(107)96-120(111,112)62-29-30-62)97(10)83(108)63(52(2)3)47-71(101)76(54(6)7)98(11)85(110)119-51-58-24-27-61(28-25-58)91-81(106)59(22-18-33-90-84(88)109)46-70(100)75(53(4)5)95-73(102)32-36-115-38-40-117-42-43-118-41-39-116-37-34-89-80(105)60-26-31-64-65(45-60)93-68(50-87)67(49-86)92-64/h15-17,20-21,24-28,31,45,52-56,59,62-63,66,69,72,75-78H,14,18-19,22-23,29-30,32-44,46-51H2,1-13H3,(H,89,105)(H,91,106)(H,94,104)(H,95,102)(H,96,107)(H3,88,90,109)/t55-,56+,59+,63-,66-,69-,72+,75-,76-,77-,78+/m0/s1. The Labute approximate surface area is 722 Å². The van der Waals surface area contributed by atoms with E-state index in [0.717, 1.165) is 11.4 Å². The molecule has 35 heteroatoms. The summed E-state index contributed by atoms with van der Waals surface area (Å²) < 4.78 is 68.2. The van der Waals surface area contributed by atoms with Gasteiger partial charge in [-0.1, -0.05) is 143 Å². The lowest BCUT2D eigenvalue weighted by Crippen LogP contribution is -2.55. The van der Waals surface area contributed by atoms with Crippen LogP contribution in [-0.2, 0) is 105 Å². The zero-order valence-electron chi connectivity index (χ0n) is 71.6. The molecule has 1 aliphatic carbocycles. The number of aromatic nitrogens is 2. The minimum Gasteiger partial charge on any atom is -0.445 e. The van der Waals surface area contributed by atoms with Crippen LogP contribution < -0.4 is 37.0 Å². The normalized spacial score (nSPS) is 16.1. The van der Waals surface area contributed by atoms with Crippen molar-refractivity contribution in [2.24, 2.45) is 47.2 Å². The maximum atomic E-state index is 15.0. The number of likely N-dealkylation sites (N-methyl/N-ethyl adjacent to an activating group) is 2. The second kappa shape index (κ2) is 51.1. The molecule has 0 bridgehead atoms. The molecule has 1 saturated carbocycles. The number of nitrogens with one attached hydrogen (secondary N) is 6. The number of methoxy groups -OCH3 is 2. The van der Waals surface area contributed by atoms with E-state index >= 15 is 4.79 Å². The van der Waals surface area contributed by atoms with Crippen molar-refractivity contribution in [2.75, 3.05) is 106 Å². The van der Waals surface area contributed by atoms with E-state index in [2.05, 4.69) is 73.1 Å². The average molecular weight is 1830 g/mol. The summed E-state index contributed by atoms with van der Waals surface area (Å²) >= 11 is 6.88. The fourth-order valence-corrected chi connectivity index (χ4v) is 17.0. The number of fused-ring (bicyclic) bond motifs is 1. The lowest BCUT2D eigenvalue weighted by molar-refractivity contribution is -0.149. The van der Waals surface area contributed by atoms with Crippen LogP contribution in [0.5, 0.6) is 0 Å². The number of Topliss-reactive ketones (excluding diaryl/α,β-unsaturated/α-hetero) is 2. The molecule has 1 saturated heterocycles. The van der Waals surface area contributed by atoms with Gasteiger partial charge in [0, 0.05) is 107 Å². The van der Waals surface area contributed by atoms with Gasteiger partial charge in [0.1, 0.15) is 12.6 Å². The Balaban J connectivity index is 0.943. The van der Waals surface area contributed by atoms with Crippen LogP contribution in [0.25, 0.3) is 11.0 Å². The lowest BCUT2D eigenvalue weighted by Gasteiger charge is -2.41. The molecule has 6 rings (SSSR count). The van der Waals surface area contributed by atoms with Crippen molar-refractivity contribution in [3.8, 4) is 0 Å². The van der Waals surface area contributed by atoms with Crippen LogP contribution in [0.15, 0.2) is 72.8 Å². The zero-order valence-corrected chi connectivity index (χ0v) is 75.6. The van der Waals surface area contributed by atoms with Gasteiger partial charge in [-0.3, -0.25) is 47.9 Å². The number of alkyl halides is 2. The Kier molecular flexibility index (Phi) is 42.8. The van der Waals surface area contributed by atoms with Gasteiger partial charge < -0.3 is 80.2 Å². The molecule has 2 heterocycles. The molecule has 11 atom stereocenters. The smallest absolute Gasteiger partial charge is 0.410 e. The number of nitrogens with two attached hydrogens (primary N) is 1. The lowest BCUT2D eigenvalue weighted by atomic mass is 9.83. The highest BCUT2D eigenvalue weighted by molar-refractivity contribution is 9.09. The van der Waals surface area contributed by atoms with Crippen molar-refractivity contribution in [1.29, 1.82) is 0 Å². The van der Waals surface area contributed by atoms with E-state index in [9.17, 15) is 56.4 Å². The van der Waals surface area contributed by atoms with Crippen molar-refractivity contribution in [3.63, 3.8) is 0 Å². The topological polar surface area (TPSA) is 420 Å². The number of carbonyl (C=O) groups is 11. The quantitative estimate of drug-likeness (QED) is 0.0161. The number of anilines is 1. The summed E-state index contributed by atoms with van der Waals surface area (Å²) in [5, 5.41) is 14.3. The largest absolute Gasteiger partial charge is 0.445 e. The molecule has 120 heavy (non-hydrogen) atoms. The second-order valence-electron chi connectivity index (χ2n) is 31.7. The molecule has 1 aliphatic heterocycles. The number of hydrogen-bond acceptors (Lipinski definition) is 22. The van der Waals surface area contributed by atoms with Crippen molar-refractivity contribution >= 4 is 124 Å². The van der Waals surface area contributed by atoms with Crippen LogP contribution in [0.3, 0.4) is 0 Å². The van der Waals surface area contributed by atoms with E-state index in [1.807, 2.05) is 27.7 Å². The molecule has 2 fully saturated rings. The van der Waals surface area contributed by atoms with Gasteiger partial charge in [-0.05, 0) is 104 Å². The Morgan fingerprint density at radius 1 is 0.650 bits per heavy atom. The number of amides is 10. The first kappa shape index (κ1) is 101. The van der Waals surface area contributed by atoms with E-state index in [1.54, 1.807) is 124 Å². The molecule has 666 valence electrons. The summed E-state index contributed by atoms with van der Waals surface area (Å²) in [7, 11) is 2.11. The molecule has 2 aliphatic rings. The van der Waals surface area contributed by atoms with Crippen LogP contribution >= 0.6 is 31.9 Å². The number of likely N-dealkylation sites (tertiary alicyclic amines) is 1. The second-order valence-corrected chi connectivity index (χ2v) is 34.8. The number of ether oxygens (including phenoxy) is 7. The van der Waals surface area contributed by atoms with Gasteiger partial charge in [0.2, 0.25) is 39.6 Å². The van der Waals surface area contributed by atoms with Gasteiger partial charge in [0.25, 0.3) is 11.8 Å². The number of hydrogen-bond donors (Lipinski definition) is 7. The Bertz CT molecular complexity index is 4130.